The van der Waals surface area contributed by atoms with Gasteiger partial charge in [0.1, 0.15) is 18.2 Å². The summed E-state index contributed by atoms with van der Waals surface area (Å²) in [7, 11) is 0. The number of nitrogens with zero attached hydrogens (tertiary/aromatic N) is 4. The second-order valence-electron chi connectivity index (χ2n) is 7.34. The van der Waals surface area contributed by atoms with E-state index in [1.165, 1.54) is 10.6 Å². The Morgan fingerprint density at radius 2 is 1.91 bits per heavy atom. The molecule has 0 aliphatic heterocycles. The van der Waals surface area contributed by atoms with Gasteiger partial charge in [-0.15, -0.1) is 0 Å². The molecule has 32 heavy (non-hydrogen) atoms. The number of rotatable bonds is 6. The molecule has 2 aromatic heterocycles. The zero-order valence-corrected chi connectivity index (χ0v) is 17.7. The maximum absolute atomic E-state index is 14.6. The number of hydrogen-bond acceptors (Lipinski definition) is 4. The van der Waals surface area contributed by atoms with E-state index in [2.05, 4.69) is 10.3 Å². The van der Waals surface area contributed by atoms with Crippen LogP contribution in [-0.2, 0) is 24.4 Å². The second-order valence-corrected chi connectivity index (χ2v) is 7.34. The van der Waals surface area contributed by atoms with Crippen LogP contribution in [-0.4, -0.2) is 24.6 Å². The predicted octanol–water partition coefficient (Wildman–Crippen LogP) is 2.13. The summed E-state index contributed by atoms with van der Waals surface area (Å²) in [6.07, 6.45) is 3.27. The number of halogens is 1. The Balaban J connectivity index is 1.54. The Bertz CT molecular complexity index is 1430. The first-order valence-corrected chi connectivity index (χ1v) is 10.2. The summed E-state index contributed by atoms with van der Waals surface area (Å²) >= 11 is 0. The molecule has 0 aliphatic carbocycles. The molecule has 2 aromatic carbocycles. The molecule has 0 unspecified atom stereocenters. The fraction of sp³-hybridized carbons (Fsp3) is 0.217. The first kappa shape index (κ1) is 21.2. The molecule has 0 aliphatic rings. The van der Waals surface area contributed by atoms with Crippen molar-refractivity contribution in [3.8, 4) is 5.69 Å². The van der Waals surface area contributed by atoms with Crippen molar-refractivity contribution in [3.05, 3.63) is 92.9 Å². The minimum atomic E-state index is -0.544. The van der Waals surface area contributed by atoms with Crippen LogP contribution >= 0.6 is 0 Å². The topological polar surface area (TPSA) is 90.9 Å². The molecule has 0 saturated carbocycles. The number of aromatic nitrogens is 4. The van der Waals surface area contributed by atoms with Gasteiger partial charge in [0.2, 0.25) is 5.91 Å². The number of aryl methyl sites for hydroxylation is 1. The average molecular weight is 435 g/mol. The number of nitrogens with one attached hydrogen (secondary N) is 1. The highest BCUT2D eigenvalue weighted by Crippen LogP contribution is 2.17. The third kappa shape index (κ3) is 3.84. The third-order valence-electron chi connectivity index (χ3n) is 5.34. The molecule has 164 valence electrons. The number of para-hydroxylation sites is 1. The summed E-state index contributed by atoms with van der Waals surface area (Å²) in [5.41, 5.74) is 0.419. The molecule has 4 aromatic rings. The van der Waals surface area contributed by atoms with E-state index < -0.39 is 17.4 Å². The molecule has 1 N–H and O–H groups in total. The molecule has 0 spiro atoms. The quantitative estimate of drug-likeness (QED) is 0.502. The monoisotopic (exact) mass is 435 g/mol. The lowest BCUT2D eigenvalue weighted by atomic mass is 10.2. The van der Waals surface area contributed by atoms with Gasteiger partial charge in [-0.05, 0) is 43.7 Å². The first-order chi connectivity index (χ1) is 15.4. The fourth-order valence-electron chi connectivity index (χ4n) is 3.69. The number of carbonyl (C=O) groups is 1. The van der Waals surface area contributed by atoms with Crippen LogP contribution in [0.25, 0.3) is 16.6 Å². The molecule has 1 amide bonds. The molecule has 8 nitrogen and oxygen atoms in total. The van der Waals surface area contributed by atoms with Gasteiger partial charge in [-0.2, -0.15) is 0 Å². The molecule has 9 heteroatoms. The highest BCUT2D eigenvalue weighted by atomic mass is 19.1. The maximum Gasteiger partial charge on any atom is 0.331 e. The van der Waals surface area contributed by atoms with Crippen LogP contribution in [0, 0.1) is 12.7 Å². The highest BCUT2D eigenvalue weighted by molar-refractivity contribution is 5.81. The molecular formula is C23H22FN5O3. The van der Waals surface area contributed by atoms with E-state index in [1.54, 1.807) is 67.2 Å². The van der Waals surface area contributed by atoms with Crippen LogP contribution in [0.4, 0.5) is 4.39 Å². The van der Waals surface area contributed by atoms with Crippen LogP contribution in [0.5, 0.6) is 0 Å². The summed E-state index contributed by atoms with van der Waals surface area (Å²) in [5, 5.41) is 3.08. The number of carbonyl (C=O) groups excluding carboxylic acids is 1. The van der Waals surface area contributed by atoms with Gasteiger partial charge in [-0.1, -0.05) is 18.2 Å². The molecule has 0 saturated heterocycles. The van der Waals surface area contributed by atoms with Crippen molar-refractivity contribution >= 4 is 16.8 Å². The Morgan fingerprint density at radius 3 is 2.59 bits per heavy atom. The lowest BCUT2D eigenvalue weighted by Gasteiger charge is -2.13. The van der Waals surface area contributed by atoms with Crippen molar-refractivity contribution in [2.45, 2.75) is 33.5 Å². The molecule has 0 bridgehead atoms. The van der Waals surface area contributed by atoms with Gasteiger partial charge in [0, 0.05) is 25.5 Å². The largest absolute Gasteiger partial charge is 0.350 e. The average Bonchev–Trinajstić information content (AvgIpc) is 3.21. The molecular weight excluding hydrogens is 413 g/mol. The molecule has 4 rings (SSSR count). The second kappa shape index (κ2) is 8.62. The lowest BCUT2D eigenvalue weighted by molar-refractivity contribution is -0.121. The number of fused-ring (bicyclic) bond motifs is 1. The zero-order chi connectivity index (χ0) is 22.8. The van der Waals surface area contributed by atoms with Crippen LogP contribution in [0.3, 0.4) is 0 Å². The Labute approximate surface area is 182 Å². The number of amides is 1. The summed E-state index contributed by atoms with van der Waals surface area (Å²) < 4.78 is 18.6. The van der Waals surface area contributed by atoms with Crippen LogP contribution < -0.4 is 16.6 Å². The molecule has 0 fully saturated rings. The van der Waals surface area contributed by atoms with Gasteiger partial charge in [0.05, 0.1) is 16.6 Å². The summed E-state index contributed by atoms with van der Waals surface area (Å²) in [6.45, 7) is 3.52. The standard InChI is InChI=1S/C23H22FN5O3/c1-3-27-22(31)17-6-4-5-7-19(17)29(23(27)32)14-21(30)26-13-16-8-9-20(18(24)12-16)28-11-10-25-15(28)2/h4-12H,3,13-14H2,1-2H3,(H,26,30). The van der Waals surface area contributed by atoms with Gasteiger partial charge < -0.3 is 9.88 Å². The van der Waals surface area contributed by atoms with Crippen molar-refractivity contribution < 1.29 is 9.18 Å². The Kier molecular flexibility index (Phi) is 5.72. The number of benzene rings is 2. The van der Waals surface area contributed by atoms with Crippen molar-refractivity contribution in [2.24, 2.45) is 0 Å². The van der Waals surface area contributed by atoms with E-state index >= 15 is 0 Å². The van der Waals surface area contributed by atoms with Crippen molar-refractivity contribution in [1.82, 2.24) is 24.0 Å². The third-order valence-corrected chi connectivity index (χ3v) is 5.34. The molecule has 0 radical (unpaired) electrons. The molecule has 2 heterocycles. The van der Waals surface area contributed by atoms with Gasteiger partial charge >= 0.3 is 5.69 Å². The minimum Gasteiger partial charge on any atom is -0.350 e. The maximum atomic E-state index is 14.6. The van der Waals surface area contributed by atoms with E-state index in [9.17, 15) is 18.8 Å². The minimum absolute atomic E-state index is 0.0963. The SMILES string of the molecule is CCn1c(=O)c2ccccc2n(CC(=O)NCc2ccc(-n3ccnc3C)c(F)c2)c1=O. The van der Waals surface area contributed by atoms with E-state index in [-0.39, 0.29) is 25.2 Å². The summed E-state index contributed by atoms with van der Waals surface area (Å²) in [4.78, 5) is 41.9. The van der Waals surface area contributed by atoms with Crippen LogP contribution in [0.2, 0.25) is 0 Å². The first-order valence-electron chi connectivity index (χ1n) is 10.2. The van der Waals surface area contributed by atoms with E-state index in [1.807, 2.05) is 0 Å². The van der Waals surface area contributed by atoms with E-state index in [4.69, 9.17) is 0 Å². The molecule has 0 atom stereocenters. The van der Waals surface area contributed by atoms with Crippen molar-refractivity contribution in [3.63, 3.8) is 0 Å². The predicted molar refractivity (Wildman–Crippen MR) is 118 cm³/mol. The van der Waals surface area contributed by atoms with E-state index in [0.29, 0.717) is 28.0 Å². The van der Waals surface area contributed by atoms with Gasteiger partial charge in [-0.3, -0.25) is 18.7 Å². The normalized spacial score (nSPS) is 11.1. The Hall–Kier alpha value is -4.01. The highest BCUT2D eigenvalue weighted by Gasteiger charge is 2.15. The van der Waals surface area contributed by atoms with Crippen LogP contribution in [0.15, 0.2) is 64.4 Å². The summed E-state index contributed by atoms with van der Waals surface area (Å²) in [5.74, 6) is -0.195. The zero-order valence-electron chi connectivity index (χ0n) is 17.7. The van der Waals surface area contributed by atoms with E-state index in [0.717, 1.165) is 4.57 Å². The van der Waals surface area contributed by atoms with Crippen molar-refractivity contribution in [1.29, 1.82) is 0 Å². The smallest absolute Gasteiger partial charge is 0.331 e. The van der Waals surface area contributed by atoms with Crippen molar-refractivity contribution in [2.75, 3.05) is 0 Å². The fourth-order valence-corrected chi connectivity index (χ4v) is 3.69. The number of hydrogen-bond donors (Lipinski definition) is 1. The summed E-state index contributed by atoms with van der Waals surface area (Å²) in [6, 6.07) is 11.4. The van der Waals surface area contributed by atoms with Crippen LogP contribution in [0.1, 0.15) is 18.3 Å². The number of imidazole rings is 1. The Morgan fingerprint density at radius 1 is 1.12 bits per heavy atom. The van der Waals surface area contributed by atoms with Gasteiger partial charge in [-0.25, -0.2) is 14.2 Å². The van der Waals surface area contributed by atoms with Gasteiger partial charge in [0.15, 0.2) is 0 Å². The van der Waals surface area contributed by atoms with Gasteiger partial charge in [0.25, 0.3) is 5.56 Å². The lowest BCUT2D eigenvalue weighted by Crippen LogP contribution is -2.42.